The Balaban J connectivity index is 1.71. The molecule has 7 nitrogen and oxygen atoms in total. The first-order chi connectivity index (χ1) is 13.4. The van der Waals surface area contributed by atoms with Gasteiger partial charge in [0.1, 0.15) is 5.65 Å². The summed E-state index contributed by atoms with van der Waals surface area (Å²) in [5.41, 5.74) is 3.58. The number of H-pyrrole nitrogens is 1. The van der Waals surface area contributed by atoms with Crippen molar-refractivity contribution in [3.63, 3.8) is 0 Å². The van der Waals surface area contributed by atoms with Gasteiger partial charge in [-0.05, 0) is 43.7 Å². The number of aryl methyl sites for hydroxylation is 2. The van der Waals surface area contributed by atoms with Crippen molar-refractivity contribution in [3.8, 4) is 0 Å². The number of aromatic amines is 1. The third-order valence-corrected chi connectivity index (χ3v) is 4.50. The van der Waals surface area contributed by atoms with E-state index in [4.69, 9.17) is 4.74 Å². The van der Waals surface area contributed by atoms with Gasteiger partial charge in [0.25, 0.3) is 0 Å². The Morgan fingerprint density at radius 3 is 2.86 bits per heavy atom. The van der Waals surface area contributed by atoms with Crippen LogP contribution in [-0.2, 0) is 14.3 Å². The molecule has 0 unspecified atom stereocenters. The molecule has 3 N–H and O–H groups in total. The van der Waals surface area contributed by atoms with Crippen LogP contribution >= 0.6 is 0 Å². The van der Waals surface area contributed by atoms with Gasteiger partial charge in [0.15, 0.2) is 11.3 Å². The van der Waals surface area contributed by atoms with Crippen LogP contribution < -0.4 is 5.32 Å². The van der Waals surface area contributed by atoms with Gasteiger partial charge in [-0.15, -0.1) is 0 Å². The molecule has 3 aromatic rings. The van der Waals surface area contributed by atoms with Crippen molar-refractivity contribution in [1.29, 1.82) is 0 Å². The van der Waals surface area contributed by atoms with Crippen molar-refractivity contribution in [2.45, 2.75) is 13.8 Å². The van der Waals surface area contributed by atoms with Crippen LogP contribution in [-0.4, -0.2) is 26.8 Å². The molecule has 0 atom stereocenters. The normalized spacial score (nSPS) is 15.4. The van der Waals surface area contributed by atoms with Gasteiger partial charge in [-0.1, -0.05) is 17.7 Å². The van der Waals surface area contributed by atoms with E-state index in [0.29, 0.717) is 16.9 Å². The minimum atomic E-state index is -1.35. The molecule has 140 valence electrons. The second kappa shape index (κ2) is 6.70. The number of hydrogen-bond donors (Lipinski definition) is 3. The summed E-state index contributed by atoms with van der Waals surface area (Å²) in [6.07, 6.45) is 4.86. The van der Waals surface area contributed by atoms with E-state index < -0.39 is 17.3 Å². The van der Waals surface area contributed by atoms with Crippen LogP contribution in [0.4, 0.5) is 5.69 Å². The predicted molar refractivity (Wildman–Crippen MR) is 104 cm³/mol. The number of carboxylic acids is 1. The van der Waals surface area contributed by atoms with E-state index in [1.165, 1.54) is 6.08 Å². The maximum atomic E-state index is 12.7. The molecule has 28 heavy (non-hydrogen) atoms. The molecule has 1 aliphatic heterocycles. The number of carbonyl (C=O) groups excluding carboxylic acids is 1. The SMILES string of the molecule is Cc1ccc(NC2=C(C(=O)O)C(=O)/C(=C/c3c[nH]c4ncccc34)O2)c(C)c1. The maximum absolute atomic E-state index is 12.7. The van der Waals surface area contributed by atoms with E-state index in [9.17, 15) is 14.7 Å². The largest absolute Gasteiger partial charge is 0.477 e. The summed E-state index contributed by atoms with van der Waals surface area (Å²) in [6.45, 7) is 3.86. The predicted octanol–water partition coefficient (Wildman–Crippen LogP) is 3.53. The molecule has 0 amide bonds. The van der Waals surface area contributed by atoms with Crippen LogP contribution in [0.5, 0.6) is 0 Å². The number of carbonyl (C=O) groups is 2. The Labute approximate surface area is 160 Å². The molecule has 2 aromatic heterocycles. The third-order valence-electron chi connectivity index (χ3n) is 4.50. The lowest BCUT2D eigenvalue weighted by molar-refractivity contribution is -0.134. The lowest BCUT2D eigenvalue weighted by Gasteiger charge is -2.11. The summed E-state index contributed by atoms with van der Waals surface area (Å²) in [4.78, 5) is 31.5. The number of aliphatic carboxylic acids is 1. The van der Waals surface area contributed by atoms with E-state index in [1.54, 1.807) is 18.5 Å². The molecular formula is C21H17N3O4. The Kier molecular flexibility index (Phi) is 4.19. The maximum Gasteiger partial charge on any atom is 0.345 e. The molecule has 0 fully saturated rings. The number of nitrogens with one attached hydrogen (secondary N) is 2. The van der Waals surface area contributed by atoms with Gasteiger partial charge in [0.2, 0.25) is 11.7 Å². The number of aromatic nitrogens is 2. The van der Waals surface area contributed by atoms with Crippen LogP contribution in [0.2, 0.25) is 0 Å². The molecule has 1 aromatic carbocycles. The summed E-state index contributed by atoms with van der Waals surface area (Å²) in [5, 5.41) is 13.3. The minimum absolute atomic E-state index is 0.0607. The van der Waals surface area contributed by atoms with Crippen LogP contribution in [0.15, 0.2) is 59.9 Å². The number of Topliss-reactive ketones (excluding diaryl/α,β-unsaturated/α-hetero) is 1. The Morgan fingerprint density at radius 1 is 1.29 bits per heavy atom. The van der Waals surface area contributed by atoms with Gasteiger partial charge >= 0.3 is 5.97 Å². The van der Waals surface area contributed by atoms with E-state index in [-0.39, 0.29) is 11.6 Å². The average Bonchev–Trinajstić information content (AvgIpc) is 3.19. The molecule has 3 heterocycles. The number of rotatable bonds is 4. The Morgan fingerprint density at radius 2 is 2.11 bits per heavy atom. The van der Waals surface area contributed by atoms with Gasteiger partial charge in [-0.3, -0.25) is 4.79 Å². The minimum Gasteiger partial charge on any atom is -0.477 e. The summed E-state index contributed by atoms with van der Waals surface area (Å²) in [6, 6.07) is 9.30. The monoisotopic (exact) mass is 375 g/mol. The van der Waals surface area contributed by atoms with Crippen LogP contribution in [0.3, 0.4) is 0 Å². The summed E-state index contributed by atoms with van der Waals surface area (Å²) in [7, 11) is 0. The summed E-state index contributed by atoms with van der Waals surface area (Å²) in [5.74, 6) is -2.18. The van der Waals surface area contributed by atoms with Gasteiger partial charge in [-0.2, -0.15) is 0 Å². The van der Waals surface area contributed by atoms with Crippen molar-refractivity contribution in [2.75, 3.05) is 5.32 Å². The highest BCUT2D eigenvalue weighted by molar-refractivity contribution is 6.26. The number of pyridine rings is 1. The average molecular weight is 375 g/mol. The first-order valence-electron chi connectivity index (χ1n) is 8.62. The molecule has 0 saturated heterocycles. The number of ketones is 1. The number of ether oxygens (including phenoxy) is 1. The van der Waals surface area contributed by atoms with E-state index in [0.717, 1.165) is 16.5 Å². The lowest BCUT2D eigenvalue weighted by Crippen LogP contribution is -2.12. The molecule has 1 aliphatic rings. The molecular weight excluding hydrogens is 358 g/mol. The van der Waals surface area contributed by atoms with Crippen LogP contribution in [0.1, 0.15) is 16.7 Å². The first kappa shape index (κ1) is 17.5. The molecule has 0 saturated carbocycles. The number of hydrogen-bond acceptors (Lipinski definition) is 5. The quantitative estimate of drug-likeness (QED) is 0.476. The van der Waals surface area contributed by atoms with Gasteiger partial charge in [-0.25, -0.2) is 9.78 Å². The number of allylic oxidation sites excluding steroid dienone is 1. The van der Waals surface area contributed by atoms with Gasteiger partial charge < -0.3 is 20.1 Å². The summed E-state index contributed by atoms with van der Waals surface area (Å²) >= 11 is 0. The zero-order chi connectivity index (χ0) is 19.8. The van der Waals surface area contributed by atoms with Crippen LogP contribution in [0, 0.1) is 13.8 Å². The van der Waals surface area contributed by atoms with Crippen LogP contribution in [0.25, 0.3) is 17.1 Å². The fourth-order valence-corrected chi connectivity index (χ4v) is 3.12. The Hall–Kier alpha value is -3.87. The zero-order valence-electron chi connectivity index (χ0n) is 15.2. The second-order valence-electron chi connectivity index (χ2n) is 6.54. The highest BCUT2D eigenvalue weighted by Gasteiger charge is 2.36. The second-order valence-corrected chi connectivity index (χ2v) is 6.54. The fraction of sp³-hybridized carbons (Fsp3) is 0.0952. The topological polar surface area (TPSA) is 104 Å². The number of anilines is 1. The van der Waals surface area contributed by atoms with E-state index >= 15 is 0 Å². The standard InChI is InChI=1S/C21H17N3O4/c1-11-5-6-15(12(2)8-11)24-20-17(21(26)27)18(25)16(28-20)9-13-10-23-19-14(13)4-3-7-22-19/h3-10,24H,1-2H3,(H,22,23)(H,26,27)/b16-9-. The number of fused-ring (bicyclic) bond motifs is 1. The molecule has 0 bridgehead atoms. The molecule has 4 rings (SSSR count). The molecule has 0 spiro atoms. The third kappa shape index (κ3) is 3.03. The van der Waals surface area contributed by atoms with Gasteiger partial charge in [0, 0.05) is 29.0 Å². The molecule has 0 aliphatic carbocycles. The fourth-order valence-electron chi connectivity index (χ4n) is 3.12. The first-order valence-corrected chi connectivity index (χ1v) is 8.62. The Bertz CT molecular complexity index is 1190. The zero-order valence-corrected chi connectivity index (χ0v) is 15.2. The van der Waals surface area contributed by atoms with E-state index in [2.05, 4.69) is 15.3 Å². The van der Waals surface area contributed by atoms with Crippen molar-refractivity contribution in [2.24, 2.45) is 0 Å². The van der Waals surface area contributed by atoms with Crippen molar-refractivity contribution >= 4 is 34.5 Å². The number of carboxylic acid groups (broad SMARTS) is 1. The van der Waals surface area contributed by atoms with Crippen molar-refractivity contribution < 1.29 is 19.4 Å². The molecule has 7 heteroatoms. The van der Waals surface area contributed by atoms with E-state index in [1.807, 2.05) is 38.1 Å². The van der Waals surface area contributed by atoms with Gasteiger partial charge in [0.05, 0.1) is 0 Å². The molecule has 0 radical (unpaired) electrons. The van der Waals surface area contributed by atoms with Crippen molar-refractivity contribution in [3.05, 3.63) is 76.6 Å². The lowest BCUT2D eigenvalue weighted by atomic mass is 10.1. The number of benzene rings is 1. The highest BCUT2D eigenvalue weighted by Crippen LogP contribution is 2.30. The smallest absolute Gasteiger partial charge is 0.345 e. The summed E-state index contributed by atoms with van der Waals surface area (Å²) < 4.78 is 5.62. The van der Waals surface area contributed by atoms with Crippen molar-refractivity contribution in [1.82, 2.24) is 9.97 Å². The number of nitrogens with zero attached hydrogens (tertiary/aromatic N) is 1. The highest BCUT2D eigenvalue weighted by atomic mass is 16.5.